The van der Waals surface area contributed by atoms with Gasteiger partial charge in [0.2, 0.25) is 0 Å². The van der Waals surface area contributed by atoms with E-state index in [-0.39, 0.29) is 17.1 Å². The van der Waals surface area contributed by atoms with Gasteiger partial charge in [0.15, 0.2) is 21.8 Å². The van der Waals surface area contributed by atoms with E-state index in [0.29, 0.717) is 10.6 Å². The first kappa shape index (κ1) is 18.6. The van der Waals surface area contributed by atoms with Crippen molar-refractivity contribution in [3.8, 4) is 0 Å². The van der Waals surface area contributed by atoms with E-state index in [9.17, 15) is 13.4 Å². The highest BCUT2D eigenvalue weighted by molar-refractivity contribution is 7.83. The Labute approximate surface area is 164 Å². The number of nitrogens with zero attached hydrogens (tertiary/aromatic N) is 2. The third-order valence-corrected chi connectivity index (χ3v) is 5.86. The van der Waals surface area contributed by atoms with E-state index >= 15 is 0 Å². The zero-order chi connectivity index (χ0) is 19.8. The van der Waals surface area contributed by atoms with Crippen molar-refractivity contribution in [1.29, 1.82) is 0 Å². The molecule has 8 heteroatoms. The fraction of sp³-hybridized carbons (Fsp3) is 0.300. The van der Waals surface area contributed by atoms with Crippen molar-refractivity contribution in [2.45, 2.75) is 31.2 Å². The average molecular weight is 401 g/mol. The van der Waals surface area contributed by atoms with E-state index in [0.717, 1.165) is 30.8 Å². The maximum atomic E-state index is 14.4. The predicted octanol–water partition coefficient (Wildman–Crippen LogP) is 3.75. The van der Waals surface area contributed by atoms with Crippen LogP contribution in [0, 0.1) is 5.82 Å². The Kier molecular flexibility index (Phi) is 4.89. The maximum absolute atomic E-state index is 14.4. The van der Waals surface area contributed by atoms with Gasteiger partial charge in [-0.05, 0) is 30.0 Å². The SMILES string of the molecule is CC(C)c1cccnc1S(=O)NC(=O)c1cc2c(F)cc(N3CCC3)cc2o1. The third kappa shape index (κ3) is 3.40. The number of carbonyl (C=O) groups excluding carboxylic acids is 1. The number of carbonyl (C=O) groups is 1. The molecule has 28 heavy (non-hydrogen) atoms. The summed E-state index contributed by atoms with van der Waals surface area (Å²) in [4.78, 5) is 18.7. The monoisotopic (exact) mass is 401 g/mol. The Hall–Kier alpha value is -2.74. The molecular formula is C20H20FN3O3S. The van der Waals surface area contributed by atoms with Crippen molar-refractivity contribution >= 4 is 33.5 Å². The number of nitrogens with one attached hydrogen (secondary N) is 1. The molecule has 2 aromatic heterocycles. The van der Waals surface area contributed by atoms with E-state index in [1.54, 1.807) is 12.1 Å². The zero-order valence-electron chi connectivity index (χ0n) is 15.6. The molecule has 3 heterocycles. The lowest BCUT2D eigenvalue weighted by Gasteiger charge is -2.33. The molecular weight excluding hydrogens is 381 g/mol. The van der Waals surface area contributed by atoms with Gasteiger partial charge in [-0.3, -0.25) is 9.52 Å². The molecule has 1 aliphatic rings. The van der Waals surface area contributed by atoms with E-state index in [4.69, 9.17) is 4.42 Å². The number of amides is 1. The van der Waals surface area contributed by atoms with E-state index in [2.05, 4.69) is 9.71 Å². The summed E-state index contributed by atoms with van der Waals surface area (Å²) in [7, 11) is -1.85. The van der Waals surface area contributed by atoms with Crippen LogP contribution >= 0.6 is 0 Å². The number of rotatable bonds is 5. The number of furan rings is 1. The Morgan fingerprint density at radius 1 is 1.32 bits per heavy atom. The Morgan fingerprint density at radius 3 is 2.79 bits per heavy atom. The van der Waals surface area contributed by atoms with Crippen molar-refractivity contribution in [2.24, 2.45) is 0 Å². The first-order valence-electron chi connectivity index (χ1n) is 9.09. The highest BCUT2D eigenvalue weighted by Crippen LogP contribution is 2.30. The van der Waals surface area contributed by atoms with Gasteiger partial charge in [-0.1, -0.05) is 19.9 Å². The number of fused-ring (bicyclic) bond motifs is 1. The molecule has 0 radical (unpaired) electrons. The standard InChI is InChI=1S/C20H20FN3O3S/c1-12(2)14-5-3-6-22-20(14)28(26)23-19(25)18-11-15-16(21)9-13(10-17(15)27-18)24-7-4-8-24/h3,5-6,9-12H,4,7-8H2,1-2H3,(H,23,25). The fourth-order valence-corrected chi connectivity index (χ4v) is 4.17. The average Bonchev–Trinajstić information content (AvgIpc) is 3.05. The van der Waals surface area contributed by atoms with Crippen molar-refractivity contribution < 1.29 is 17.8 Å². The molecule has 3 aromatic rings. The van der Waals surface area contributed by atoms with Crippen molar-refractivity contribution in [1.82, 2.24) is 9.71 Å². The highest BCUT2D eigenvalue weighted by atomic mass is 32.2. The van der Waals surface area contributed by atoms with Gasteiger partial charge >= 0.3 is 0 Å². The van der Waals surface area contributed by atoms with Gasteiger partial charge in [-0.15, -0.1) is 0 Å². The van der Waals surface area contributed by atoms with E-state index < -0.39 is 22.7 Å². The molecule has 1 saturated heterocycles. The summed E-state index contributed by atoms with van der Waals surface area (Å²) in [6.07, 6.45) is 2.60. The zero-order valence-corrected chi connectivity index (χ0v) is 16.4. The van der Waals surface area contributed by atoms with Crippen LogP contribution in [-0.4, -0.2) is 28.2 Å². The van der Waals surface area contributed by atoms with Gasteiger partial charge < -0.3 is 9.32 Å². The second-order valence-electron chi connectivity index (χ2n) is 7.04. The molecule has 0 bridgehead atoms. The number of hydrogen-bond acceptors (Lipinski definition) is 5. The molecule has 1 fully saturated rings. The van der Waals surface area contributed by atoms with Gasteiger partial charge in [0, 0.05) is 37.1 Å². The number of aromatic nitrogens is 1. The number of anilines is 1. The molecule has 6 nitrogen and oxygen atoms in total. The first-order chi connectivity index (χ1) is 13.4. The molecule has 4 rings (SSSR count). The molecule has 0 aliphatic carbocycles. The van der Waals surface area contributed by atoms with Crippen LogP contribution in [0.3, 0.4) is 0 Å². The van der Waals surface area contributed by atoms with Gasteiger partial charge in [-0.25, -0.2) is 13.6 Å². The topological polar surface area (TPSA) is 75.4 Å². The lowest BCUT2D eigenvalue weighted by atomic mass is 10.1. The first-order valence-corrected chi connectivity index (χ1v) is 10.2. The molecule has 1 amide bonds. The summed E-state index contributed by atoms with van der Waals surface area (Å²) in [5.41, 5.74) is 1.81. The third-order valence-electron chi connectivity index (χ3n) is 4.80. The van der Waals surface area contributed by atoms with Gasteiger partial charge in [0.25, 0.3) is 5.91 Å². The molecule has 0 saturated carbocycles. The number of halogens is 1. The van der Waals surface area contributed by atoms with Crippen LogP contribution in [0.4, 0.5) is 10.1 Å². The van der Waals surface area contributed by atoms with Crippen LogP contribution in [-0.2, 0) is 11.0 Å². The van der Waals surface area contributed by atoms with Crippen LogP contribution in [0.2, 0.25) is 0 Å². The van der Waals surface area contributed by atoms with Gasteiger partial charge in [0.05, 0.1) is 5.39 Å². The lowest BCUT2D eigenvalue weighted by Crippen LogP contribution is -2.36. The van der Waals surface area contributed by atoms with Crippen LogP contribution in [0.5, 0.6) is 0 Å². The van der Waals surface area contributed by atoms with Crippen molar-refractivity contribution in [3.63, 3.8) is 0 Å². The van der Waals surface area contributed by atoms with Crippen LogP contribution in [0.1, 0.15) is 42.3 Å². The largest absolute Gasteiger partial charge is 0.451 e. The molecule has 0 spiro atoms. The second-order valence-corrected chi connectivity index (χ2v) is 8.17. The molecule has 1 N–H and O–H groups in total. The summed E-state index contributed by atoms with van der Waals surface area (Å²) >= 11 is 0. The lowest BCUT2D eigenvalue weighted by molar-refractivity contribution is 0.0958. The van der Waals surface area contributed by atoms with Gasteiger partial charge in [0.1, 0.15) is 11.4 Å². The highest BCUT2D eigenvalue weighted by Gasteiger charge is 2.22. The summed E-state index contributed by atoms with van der Waals surface area (Å²) in [6.45, 7) is 5.66. The molecule has 1 aromatic carbocycles. The minimum Gasteiger partial charge on any atom is -0.451 e. The summed E-state index contributed by atoms with van der Waals surface area (Å²) in [6, 6.07) is 8.08. The number of pyridine rings is 1. The van der Waals surface area contributed by atoms with E-state index in [1.807, 2.05) is 24.8 Å². The predicted molar refractivity (Wildman–Crippen MR) is 105 cm³/mol. The summed E-state index contributed by atoms with van der Waals surface area (Å²) in [5, 5.41) is 0.522. The Morgan fingerprint density at radius 2 is 2.11 bits per heavy atom. The van der Waals surface area contributed by atoms with Gasteiger partial charge in [-0.2, -0.15) is 0 Å². The molecule has 1 aliphatic heterocycles. The Bertz CT molecular complexity index is 1080. The molecule has 1 atom stereocenters. The second kappa shape index (κ2) is 7.35. The normalized spacial score (nSPS) is 14.9. The molecule has 1 unspecified atom stereocenters. The molecule has 146 valence electrons. The number of benzene rings is 1. The minimum absolute atomic E-state index is 0.0926. The number of hydrogen-bond donors (Lipinski definition) is 1. The maximum Gasteiger partial charge on any atom is 0.298 e. The smallest absolute Gasteiger partial charge is 0.298 e. The van der Waals surface area contributed by atoms with Crippen LogP contribution in [0.25, 0.3) is 11.0 Å². The minimum atomic E-state index is -1.85. The van der Waals surface area contributed by atoms with E-state index in [1.165, 1.54) is 18.3 Å². The van der Waals surface area contributed by atoms with Crippen molar-refractivity contribution in [3.05, 3.63) is 53.7 Å². The van der Waals surface area contributed by atoms with Crippen LogP contribution < -0.4 is 9.62 Å². The fourth-order valence-electron chi connectivity index (χ4n) is 3.13. The quantitative estimate of drug-likeness (QED) is 0.705. The Balaban J connectivity index is 1.59. The van der Waals surface area contributed by atoms with Crippen molar-refractivity contribution in [2.75, 3.05) is 18.0 Å². The summed E-state index contributed by atoms with van der Waals surface area (Å²) in [5.74, 6) is -1.12. The van der Waals surface area contributed by atoms with Crippen LogP contribution in [0.15, 0.2) is 46.0 Å². The summed E-state index contributed by atoms with van der Waals surface area (Å²) < 4.78 is 35.0.